The SMILES string of the molecule is O=C(Nc1ccccc1C#CCO)c1ccccc1. The standard InChI is InChI=1S/C16H13NO2/c18-12-6-10-13-7-4-5-11-15(13)17-16(19)14-8-2-1-3-9-14/h1-5,7-9,11,18H,12H2,(H,17,19). The van der Waals surface area contributed by atoms with Crippen LogP contribution >= 0.6 is 0 Å². The summed E-state index contributed by atoms with van der Waals surface area (Å²) in [5.74, 6) is 5.20. The summed E-state index contributed by atoms with van der Waals surface area (Å²) >= 11 is 0. The van der Waals surface area contributed by atoms with Gasteiger partial charge in [0.15, 0.2) is 0 Å². The zero-order valence-corrected chi connectivity index (χ0v) is 10.3. The third-order valence-corrected chi connectivity index (χ3v) is 2.51. The van der Waals surface area contributed by atoms with Crippen LogP contribution in [0.5, 0.6) is 0 Å². The van der Waals surface area contributed by atoms with Gasteiger partial charge in [-0.05, 0) is 24.3 Å². The van der Waals surface area contributed by atoms with E-state index in [-0.39, 0.29) is 12.5 Å². The molecule has 2 rings (SSSR count). The second-order valence-corrected chi connectivity index (χ2v) is 3.83. The van der Waals surface area contributed by atoms with Crippen molar-refractivity contribution in [1.82, 2.24) is 0 Å². The van der Waals surface area contributed by atoms with Crippen LogP contribution in [-0.4, -0.2) is 17.6 Å². The average Bonchev–Trinajstić information content (AvgIpc) is 2.47. The maximum Gasteiger partial charge on any atom is 0.255 e. The third kappa shape index (κ3) is 3.44. The molecule has 0 aliphatic rings. The largest absolute Gasteiger partial charge is 0.384 e. The quantitative estimate of drug-likeness (QED) is 0.804. The molecule has 0 atom stereocenters. The first kappa shape index (κ1) is 12.9. The van der Waals surface area contributed by atoms with Gasteiger partial charge in [-0.25, -0.2) is 0 Å². The number of hydrogen-bond donors (Lipinski definition) is 2. The van der Waals surface area contributed by atoms with Gasteiger partial charge in [0.1, 0.15) is 6.61 Å². The molecule has 1 amide bonds. The van der Waals surface area contributed by atoms with Gasteiger partial charge < -0.3 is 10.4 Å². The molecule has 3 heteroatoms. The topological polar surface area (TPSA) is 49.3 Å². The number of amides is 1. The Labute approximate surface area is 111 Å². The van der Waals surface area contributed by atoms with Gasteiger partial charge in [-0.1, -0.05) is 42.2 Å². The predicted molar refractivity (Wildman–Crippen MR) is 74.8 cm³/mol. The summed E-state index contributed by atoms with van der Waals surface area (Å²) in [6.45, 7) is -0.207. The van der Waals surface area contributed by atoms with E-state index in [4.69, 9.17) is 5.11 Å². The number of rotatable bonds is 2. The van der Waals surface area contributed by atoms with Crippen LogP contribution in [0.15, 0.2) is 54.6 Å². The van der Waals surface area contributed by atoms with E-state index in [0.29, 0.717) is 16.8 Å². The van der Waals surface area contributed by atoms with Gasteiger partial charge >= 0.3 is 0 Å². The lowest BCUT2D eigenvalue weighted by molar-refractivity contribution is 0.102. The fourth-order valence-electron chi connectivity index (χ4n) is 1.62. The van der Waals surface area contributed by atoms with Gasteiger partial charge in [0.25, 0.3) is 5.91 Å². The molecule has 0 spiro atoms. The molecule has 19 heavy (non-hydrogen) atoms. The minimum absolute atomic E-state index is 0.182. The maximum absolute atomic E-state index is 12.0. The van der Waals surface area contributed by atoms with Crippen LogP contribution in [0.1, 0.15) is 15.9 Å². The fraction of sp³-hybridized carbons (Fsp3) is 0.0625. The van der Waals surface area contributed by atoms with Crippen LogP contribution < -0.4 is 5.32 Å². The number of hydrogen-bond acceptors (Lipinski definition) is 2. The molecule has 0 unspecified atom stereocenters. The van der Waals surface area contributed by atoms with E-state index >= 15 is 0 Å². The molecule has 0 radical (unpaired) electrons. The van der Waals surface area contributed by atoms with Crippen LogP contribution in [0.25, 0.3) is 0 Å². The summed E-state index contributed by atoms with van der Waals surface area (Å²) in [7, 11) is 0. The van der Waals surface area contributed by atoms with Crippen molar-refractivity contribution in [2.45, 2.75) is 0 Å². The molecule has 0 fully saturated rings. The summed E-state index contributed by atoms with van der Waals surface area (Å²) in [5.41, 5.74) is 1.91. The molecule has 94 valence electrons. The Balaban J connectivity index is 2.22. The monoisotopic (exact) mass is 251 g/mol. The summed E-state index contributed by atoms with van der Waals surface area (Å²) < 4.78 is 0. The van der Waals surface area contributed by atoms with Crippen molar-refractivity contribution in [2.75, 3.05) is 11.9 Å². The van der Waals surface area contributed by atoms with Crippen LogP contribution in [0, 0.1) is 11.8 Å². The van der Waals surface area contributed by atoms with E-state index < -0.39 is 0 Å². The Hall–Kier alpha value is -2.57. The van der Waals surface area contributed by atoms with Crippen LogP contribution in [0.2, 0.25) is 0 Å². The molecule has 0 aromatic heterocycles. The maximum atomic E-state index is 12.0. The van der Waals surface area contributed by atoms with Crippen LogP contribution in [0.3, 0.4) is 0 Å². The van der Waals surface area contributed by atoms with Crippen molar-refractivity contribution in [3.05, 3.63) is 65.7 Å². The molecule has 0 aliphatic carbocycles. The van der Waals surface area contributed by atoms with E-state index in [9.17, 15) is 4.79 Å². The molecule has 0 saturated carbocycles. The Morgan fingerprint density at radius 3 is 2.47 bits per heavy atom. The number of carbonyl (C=O) groups excluding carboxylic acids is 1. The molecule has 2 aromatic carbocycles. The fourth-order valence-corrected chi connectivity index (χ4v) is 1.62. The van der Waals surface area contributed by atoms with E-state index in [1.807, 2.05) is 30.3 Å². The van der Waals surface area contributed by atoms with Crippen molar-refractivity contribution in [2.24, 2.45) is 0 Å². The highest BCUT2D eigenvalue weighted by molar-refractivity contribution is 6.04. The predicted octanol–water partition coefficient (Wildman–Crippen LogP) is 2.28. The third-order valence-electron chi connectivity index (χ3n) is 2.51. The molecule has 0 bridgehead atoms. The first-order chi connectivity index (χ1) is 9.31. The number of benzene rings is 2. The lowest BCUT2D eigenvalue weighted by Crippen LogP contribution is -2.12. The zero-order valence-electron chi connectivity index (χ0n) is 10.3. The molecule has 0 heterocycles. The minimum atomic E-state index is -0.207. The van der Waals surface area contributed by atoms with Gasteiger partial charge in [0.2, 0.25) is 0 Å². The summed E-state index contributed by atoms with van der Waals surface area (Å²) in [5, 5.41) is 11.5. The lowest BCUT2D eigenvalue weighted by Gasteiger charge is -2.07. The first-order valence-corrected chi connectivity index (χ1v) is 5.86. The molecule has 2 N–H and O–H groups in total. The van der Waals surface area contributed by atoms with Crippen molar-refractivity contribution in [3.8, 4) is 11.8 Å². The van der Waals surface area contributed by atoms with E-state index in [1.54, 1.807) is 24.3 Å². The number of aliphatic hydroxyl groups is 1. The van der Waals surface area contributed by atoms with Gasteiger partial charge in [-0.2, -0.15) is 0 Å². The lowest BCUT2D eigenvalue weighted by atomic mass is 10.1. The Kier molecular flexibility index (Phi) is 4.33. The molecule has 2 aromatic rings. The number of aliphatic hydroxyl groups excluding tert-OH is 1. The summed E-state index contributed by atoms with van der Waals surface area (Å²) in [4.78, 5) is 12.0. The molecule has 3 nitrogen and oxygen atoms in total. The number of nitrogens with one attached hydrogen (secondary N) is 1. The highest BCUT2D eigenvalue weighted by Gasteiger charge is 2.06. The second kappa shape index (κ2) is 6.39. The van der Waals surface area contributed by atoms with E-state index in [2.05, 4.69) is 17.2 Å². The van der Waals surface area contributed by atoms with Crippen LogP contribution in [0.4, 0.5) is 5.69 Å². The van der Waals surface area contributed by atoms with Crippen molar-refractivity contribution >= 4 is 11.6 Å². The summed E-state index contributed by atoms with van der Waals surface area (Å²) in [6.07, 6.45) is 0. The first-order valence-electron chi connectivity index (χ1n) is 5.86. The van der Waals surface area contributed by atoms with Gasteiger partial charge in [-0.3, -0.25) is 4.79 Å². The number of carbonyl (C=O) groups is 1. The molecular weight excluding hydrogens is 238 g/mol. The molecule has 0 aliphatic heterocycles. The number of anilines is 1. The highest BCUT2D eigenvalue weighted by atomic mass is 16.2. The Morgan fingerprint density at radius 2 is 1.74 bits per heavy atom. The molecular formula is C16H13NO2. The highest BCUT2D eigenvalue weighted by Crippen LogP contribution is 2.15. The Morgan fingerprint density at radius 1 is 1.05 bits per heavy atom. The normalized spacial score (nSPS) is 9.32. The van der Waals surface area contributed by atoms with E-state index in [0.717, 1.165) is 0 Å². The minimum Gasteiger partial charge on any atom is -0.384 e. The second-order valence-electron chi connectivity index (χ2n) is 3.83. The van der Waals surface area contributed by atoms with Crippen LogP contribution in [-0.2, 0) is 0 Å². The zero-order chi connectivity index (χ0) is 13.5. The average molecular weight is 251 g/mol. The van der Waals surface area contributed by atoms with Gasteiger partial charge in [-0.15, -0.1) is 0 Å². The molecule has 0 saturated heterocycles. The van der Waals surface area contributed by atoms with Gasteiger partial charge in [0.05, 0.1) is 5.69 Å². The van der Waals surface area contributed by atoms with E-state index in [1.165, 1.54) is 0 Å². The van der Waals surface area contributed by atoms with Gasteiger partial charge in [0, 0.05) is 11.1 Å². The van der Waals surface area contributed by atoms with Crippen molar-refractivity contribution < 1.29 is 9.90 Å². The number of para-hydroxylation sites is 1. The Bertz CT molecular complexity index is 624. The van der Waals surface area contributed by atoms with Crippen molar-refractivity contribution in [3.63, 3.8) is 0 Å². The smallest absolute Gasteiger partial charge is 0.255 e. The summed E-state index contributed by atoms with van der Waals surface area (Å²) in [6, 6.07) is 16.2. The van der Waals surface area contributed by atoms with Crippen molar-refractivity contribution in [1.29, 1.82) is 0 Å².